The Morgan fingerprint density at radius 1 is 1.19 bits per heavy atom. The quantitative estimate of drug-likeness (QED) is 0.711. The zero-order chi connectivity index (χ0) is 14.8. The molecule has 0 saturated heterocycles. The number of aryl methyl sites for hydroxylation is 2. The number of fused-ring (bicyclic) bond motifs is 1. The topological polar surface area (TPSA) is 50.9 Å². The lowest BCUT2D eigenvalue weighted by Gasteiger charge is -2.10. The van der Waals surface area contributed by atoms with Crippen molar-refractivity contribution in [2.45, 2.75) is 20.3 Å². The van der Waals surface area contributed by atoms with E-state index in [1.807, 2.05) is 19.1 Å². The van der Waals surface area contributed by atoms with E-state index in [2.05, 4.69) is 41.5 Å². The van der Waals surface area contributed by atoms with Crippen LogP contribution >= 0.6 is 11.3 Å². The van der Waals surface area contributed by atoms with Gasteiger partial charge in [0.05, 0.1) is 26.6 Å². The summed E-state index contributed by atoms with van der Waals surface area (Å²) in [6.07, 6.45) is 0.986. The normalized spacial score (nSPS) is 11.0. The highest BCUT2D eigenvalue weighted by Gasteiger charge is 2.06. The van der Waals surface area contributed by atoms with Gasteiger partial charge in [-0.2, -0.15) is 0 Å². The SMILES string of the molecule is Cc1nc2cc(NCCc3ccccc3C)c(N)cc2s1. The molecule has 0 saturated carbocycles. The molecule has 0 bridgehead atoms. The molecule has 0 amide bonds. The number of nitrogens with two attached hydrogens (primary N) is 1. The Kier molecular flexibility index (Phi) is 3.80. The standard InChI is InChI=1S/C17H19N3S/c1-11-5-3-4-6-13(11)7-8-19-15-10-16-17(9-14(15)18)21-12(2)20-16/h3-6,9-10,19H,7-8,18H2,1-2H3. The highest BCUT2D eigenvalue weighted by Crippen LogP contribution is 2.29. The second-order valence-electron chi connectivity index (χ2n) is 5.24. The predicted molar refractivity (Wildman–Crippen MR) is 92.1 cm³/mol. The molecule has 1 aromatic heterocycles. The number of anilines is 2. The summed E-state index contributed by atoms with van der Waals surface area (Å²) in [5, 5.41) is 4.50. The predicted octanol–water partition coefficient (Wildman–Crippen LogP) is 4.15. The van der Waals surface area contributed by atoms with Crippen LogP contribution in [0, 0.1) is 13.8 Å². The summed E-state index contributed by atoms with van der Waals surface area (Å²) in [6, 6.07) is 12.5. The number of nitrogens with zero attached hydrogens (tertiary/aromatic N) is 1. The molecule has 4 heteroatoms. The molecule has 3 nitrogen and oxygen atoms in total. The van der Waals surface area contributed by atoms with Crippen molar-refractivity contribution in [3.8, 4) is 0 Å². The molecule has 0 aliphatic carbocycles. The molecule has 0 radical (unpaired) electrons. The van der Waals surface area contributed by atoms with Gasteiger partial charge in [-0.15, -0.1) is 11.3 Å². The average molecular weight is 297 g/mol. The third-order valence-electron chi connectivity index (χ3n) is 3.64. The number of thiazole rings is 1. The Labute approximate surface area is 128 Å². The summed E-state index contributed by atoms with van der Waals surface area (Å²) in [7, 11) is 0. The van der Waals surface area contributed by atoms with E-state index in [0.717, 1.165) is 39.6 Å². The largest absolute Gasteiger partial charge is 0.397 e. The number of hydrogen-bond acceptors (Lipinski definition) is 4. The molecule has 0 aliphatic rings. The van der Waals surface area contributed by atoms with Crippen molar-refractivity contribution in [1.82, 2.24) is 4.98 Å². The number of hydrogen-bond donors (Lipinski definition) is 2. The van der Waals surface area contributed by atoms with Crippen LogP contribution in [0.5, 0.6) is 0 Å². The Morgan fingerprint density at radius 3 is 2.81 bits per heavy atom. The van der Waals surface area contributed by atoms with Crippen molar-refractivity contribution in [2.75, 3.05) is 17.6 Å². The summed E-state index contributed by atoms with van der Waals surface area (Å²) in [6.45, 7) is 5.03. The van der Waals surface area contributed by atoms with Gasteiger partial charge < -0.3 is 11.1 Å². The second kappa shape index (κ2) is 5.74. The van der Waals surface area contributed by atoms with Crippen LogP contribution in [0.3, 0.4) is 0 Å². The van der Waals surface area contributed by atoms with Gasteiger partial charge >= 0.3 is 0 Å². The molecule has 21 heavy (non-hydrogen) atoms. The molecular formula is C17H19N3S. The maximum absolute atomic E-state index is 6.12. The van der Waals surface area contributed by atoms with Gasteiger partial charge in [-0.1, -0.05) is 24.3 Å². The molecule has 108 valence electrons. The third kappa shape index (κ3) is 3.00. The van der Waals surface area contributed by atoms with Crippen LogP contribution in [0.2, 0.25) is 0 Å². The Bertz CT molecular complexity index is 777. The molecule has 0 atom stereocenters. The molecule has 0 fully saturated rings. The van der Waals surface area contributed by atoms with E-state index in [4.69, 9.17) is 5.73 Å². The van der Waals surface area contributed by atoms with Gasteiger partial charge in [0.2, 0.25) is 0 Å². The van der Waals surface area contributed by atoms with E-state index < -0.39 is 0 Å². The first-order chi connectivity index (χ1) is 10.1. The molecular weight excluding hydrogens is 278 g/mol. The zero-order valence-electron chi connectivity index (χ0n) is 12.3. The van der Waals surface area contributed by atoms with Gasteiger partial charge in [0.25, 0.3) is 0 Å². The molecule has 1 heterocycles. The number of aromatic nitrogens is 1. The van der Waals surface area contributed by atoms with Crippen molar-refractivity contribution in [2.24, 2.45) is 0 Å². The average Bonchev–Trinajstić information content (AvgIpc) is 2.80. The summed E-state index contributed by atoms with van der Waals surface area (Å²) >= 11 is 1.68. The molecule has 0 spiro atoms. The molecule has 3 N–H and O–H groups in total. The summed E-state index contributed by atoms with van der Waals surface area (Å²) in [5.41, 5.74) is 11.6. The second-order valence-corrected chi connectivity index (χ2v) is 6.48. The van der Waals surface area contributed by atoms with Gasteiger partial charge in [0.1, 0.15) is 0 Å². The monoisotopic (exact) mass is 297 g/mol. The van der Waals surface area contributed by atoms with Gasteiger partial charge in [-0.3, -0.25) is 0 Å². The van der Waals surface area contributed by atoms with Crippen LogP contribution < -0.4 is 11.1 Å². The number of nitrogen functional groups attached to an aromatic ring is 1. The summed E-state index contributed by atoms with van der Waals surface area (Å²) < 4.78 is 1.15. The van der Waals surface area contributed by atoms with Gasteiger partial charge in [0.15, 0.2) is 0 Å². The van der Waals surface area contributed by atoms with Crippen LogP contribution in [0.1, 0.15) is 16.1 Å². The van der Waals surface area contributed by atoms with Crippen molar-refractivity contribution in [3.05, 3.63) is 52.5 Å². The van der Waals surface area contributed by atoms with Gasteiger partial charge in [0, 0.05) is 6.54 Å². The van der Waals surface area contributed by atoms with Crippen molar-refractivity contribution in [3.63, 3.8) is 0 Å². The Balaban J connectivity index is 1.73. The van der Waals surface area contributed by atoms with Crippen molar-refractivity contribution >= 4 is 32.9 Å². The first-order valence-corrected chi connectivity index (χ1v) is 7.90. The van der Waals surface area contributed by atoms with Crippen LogP contribution in [0.25, 0.3) is 10.2 Å². The number of rotatable bonds is 4. The van der Waals surface area contributed by atoms with E-state index in [1.165, 1.54) is 11.1 Å². The van der Waals surface area contributed by atoms with E-state index in [1.54, 1.807) is 11.3 Å². The molecule has 3 rings (SSSR count). The molecule has 3 aromatic rings. The van der Waals surface area contributed by atoms with Gasteiger partial charge in [-0.05, 0) is 43.5 Å². The van der Waals surface area contributed by atoms with Gasteiger partial charge in [-0.25, -0.2) is 4.98 Å². The Hall–Kier alpha value is -2.07. The fourth-order valence-corrected chi connectivity index (χ4v) is 3.34. The maximum atomic E-state index is 6.12. The van der Waals surface area contributed by atoms with Crippen LogP contribution in [-0.4, -0.2) is 11.5 Å². The van der Waals surface area contributed by atoms with E-state index in [-0.39, 0.29) is 0 Å². The highest BCUT2D eigenvalue weighted by molar-refractivity contribution is 7.18. The van der Waals surface area contributed by atoms with Crippen LogP contribution in [0.15, 0.2) is 36.4 Å². The fourth-order valence-electron chi connectivity index (χ4n) is 2.48. The van der Waals surface area contributed by atoms with Crippen molar-refractivity contribution in [1.29, 1.82) is 0 Å². The molecule has 0 aliphatic heterocycles. The third-order valence-corrected chi connectivity index (χ3v) is 4.57. The summed E-state index contributed by atoms with van der Waals surface area (Å²) in [4.78, 5) is 4.52. The minimum absolute atomic E-state index is 0.788. The fraction of sp³-hybridized carbons (Fsp3) is 0.235. The first-order valence-electron chi connectivity index (χ1n) is 7.08. The smallest absolute Gasteiger partial charge is 0.0907 e. The van der Waals surface area contributed by atoms with E-state index in [0.29, 0.717) is 0 Å². The number of benzene rings is 2. The molecule has 2 aromatic carbocycles. The highest BCUT2D eigenvalue weighted by atomic mass is 32.1. The maximum Gasteiger partial charge on any atom is 0.0907 e. The van der Waals surface area contributed by atoms with E-state index >= 15 is 0 Å². The van der Waals surface area contributed by atoms with Crippen LogP contribution in [0.4, 0.5) is 11.4 Å². The number of nitrogens with one attached hydrogen (secondary N) is 1. The van der Waals surface area contributed by atoms with Crippen LogP contribution in [-0.2, 0) is 6.42 Å². The lowest BCUT2D eigenvalue weighted by Crippen LogP contribution is -2.07. The Morgan fingerprint density at radius 2 is 2.00 bits per heavy atom. The lowest BCUT2D eigenvalue weighted by molar-refractivity contribution is 1.01. The first kappa shape index (κ1) is 13.9. The van der Waals surface area contributed by atoms with E-state index in [9.17, 15) is 0 Å². The van der Waals surface area contributed by atoms with Crippen molar-refractivity contribution < 1.29 is 0 Å². The zero-order valence-corrected chi connectivity index (χ0v) is 13.1. The molecule has 0 unspecified atom stereocenters. The minimum atomic E-state index is 0.788. The lowest BCUT2D eigenvalue weighted by atomic mass is 10.1. The summed E-state index contributed by atoms with van der Waals surface area (Å²) in [5.74, 6) is 0. The minimum Gasteiger partial charge on any atom is -0.397 e.